The van der Waals surface area contributed by atoms with Gasteiger partial charge in [0.15, 0.2) is 0 Å². The zero-order chi connectivity index (χ0) is 21.6. The van der Waals surface area contributed by atoms with Crippen molar-refractivity contribution in [3.05, 3.63) is 0 Å². The molecule has 0 fully saturated rings. The zero-order valence-corrected chi connectivity index (χ0v) is 19.9. The van der Waals surface area contributed by atoms with Crippen molar-refractivity contribution in [1.82, 2.24) is 0 Å². The van der Waals surface area contributed by atoms with Gasteiger partial charge in [-0.1, -0.05) is 123 Å². The van der Waals surface area contributed by atoms with Crippen molar-refractivity contribution in [3.63, 3.8) is 0 Å². The minimum absolute atomic E-state index is 0.0598. The highest BCUT2D eigenvalue weighted by Gasteiger charge is 2.23. The van der Waals surface area contributed by atoms with Crippen LogP contribution in [0.1, 0.15) is 143 Å². The third kappa shape index (κ3) is 18.9. The van der Waals surface area contributed by atoms with E-state index in [0.717, 1.165) is 25.7 Å². The Morgan fingerprint density at radius 2 is 0.966 bits per heavy atom. The van der Waals surface area contributed by atoms with E-state index in [2.05, 4.69) is 13.8 Å². The normalized spacial score (nSPS) is 12.1. The van der Waals surface area contributed by atoms with Gasteiger partial charge in [-0.05, 0) is 19.8 Å². The standard InChI is InChI=1S/C26H50O3/c1-4-6-8-9-10-11-12-13-14-15-16-17-18-19-20-21-23-29-26(28)25(24(3)27)22-7-5-2/h25H,4-23H2,1-3H3. The van der Waals surface area contributed by atoms with Crippen LogP contribution in [0.15, 0.2) is 0 Å². The van der Waals surface area contributed by atoms with Crippen molar-refractivity contribution in [2.45, 2.75) is 143 Å². The first-order chi connectivity index (χ1) is 14.1. The largest absolute Gasteiger partial charge is 0.465 e. The van der Waals surface area contributed by atoms with E-state index in [1.165, 1.54) is 96.8 Å². The van der Waals surface area contributed by atoms with Gasteiger partial charge in [0.1, 0.15) is 11.7 Å². The van der Waals surface area contributed by atoms with E-state index in [1.807, 2.05) is 0 Å². The number of hydrogen-bond acceptors (Lipinski definition) is 3. The lowest BCUT2D eigenvalue weighted by Crippen LogP contribution is -2.24. The maximum atomic E-state index is 12.0. The monoisotopic (exact) mass is 410 g/mol. The Bertz CT molecular complexity index is 378. The summed E-state index contributed by atoms with van der Waals surface area (Å²) in [6, 6.07) is 0. The summed E-state index contributed by atoms with van der Waals surface area (Å²) >= 11 is 0. The first kappa shape index (κ1) is 28.1. The maximum Gasteiger partial charge on any atom is 0.316 e. The molecule has 0 radical (unpaired) electrons. The van der Waals surface area contributed by atoms with Crippen LogP contribution in [0.5, 0.6) is 0 Å². The number of unbranched alkanes of at least 4 members (excludes halogenated alkanes) is 16. The smallest absolute Gasteiger partial charge is 0.316 e. The molecule has 1 atom stereocenters. The Morgan fingerprint density at radius 1 is 0.586 bits per heavy atom. The van der Waals surface area contributed by atoms with Crippen molar-refractivity contribution in [1.29, 1.82) is 0 Å². The Hall–Kier alpha value is -0.860. The van der Waals surface area contributed by atoms with Gasteiger partial charge in [0.05, 0.1) is 6.61 Å². The number of rotatable bonds is 22. The second-order valence-electron chi connectivity index (χ2n) is 8.78. The van der Waals surface area contributed by atoms with Crippen LogP contribution in [0.25, 0.3) is 0 Å². The van der Waals surface area contributed by atoms with Crippen LogP contribution < -0.4 is 0 Å². The van der Waals surface area contributed by atoms with Gasteiger partial charge in [0, 0.05) is 0 Å². The summed E-state index contributed by atoms with van der Waals surface area (Å²) in [5, 5.41) is 0. The van der Waals surface area contributed by atoms with Gasteiger partial charge in [-0.15, -0.1) is 0 Å². The highest BCUT2D eigenvalue weighted by Crippen LogP contribution is 2.15. The van der Waals surface area contributed by atoms with Crippen LogP contribution in [0.2, 0.25) is 0 Å². The molecule has 0 N–H and O–H groups in total. The number of carbonyl (C=O) groups is 2. The molecule has 0 aliphatic heterocycles. The summed E-state index contributed by atoms with van der Waals surface area (Å²) in [5.41, 5.74) is 0. The second-order valence-corrected chi connectivity index (χ2v) is 8.78. The minimum atomic E-state index is -0.545. The van der Waals surface area contributed by atoms with Crippen LogP contribution in [0.4, 0.5) is 0 Å². The van der Waals surface area contributed by atoms with Gasteiger partial charge in [0.2, 0.25) is 0 Å². The summed E-state index contributed by atoms with van der Waals surface area (Å²) in [6.45, 7) is 6.31. The van der Waals surface area contributed by atoms with Crippen LogP contribution in [0, 0.1) is 5.92 Å². The SMILES string of the molecule is CCCCCCCCCCCCCCCCCCOC(=O)C(CCCC)C(C)=O. The lowest BCUT2D eigenvalue weighted by molar-refractivity contribution is -0.152. The van der Waals surface area contributed by atoms with Crippen LogP contribution in [0.3, 0.4) is 0 Å². The molecule has 0 rings (SSSR count). The lowest BCUT2D eigenvalue weighted by Gasteiger charge is -2.12. The molecule has 3 nitrogen and oxygen atoms in total. The lowest BCUT2D eigenvalue weighted by atomic mass is 9.98. The molecule has 0 amide bonds. The molecular formula is C26H50O3. The predicted molar refractivity (Wildman–Crippen MR) is 124 cm³/mol. The fourth-order valence-electron chi connectivity index (χ4n) is 3.82. The molecule has 3 heteroatoms. The first-order valence-electron chi connectivity index (χ1n) is 12.8. The summed E-state index contributed by atoms with van der Waals surface area (Å²) in [4.78, 5) is 23.6. The summed E-state index contributed by atoms with van der Waals surface area (Å²) < 4.78 is 5.32. The van der Waals surface area contributed by atoms with E-state index >= 15 is 0 Å². The molecule has 29 heavy (non-hydrogen) atoms. The average molecular weight is 411 g/mol. The second kappa shape index (κ2) is 21.8. The van der Waals surface area contributed by atoms with Gasteiger partial charge < -0.3 is 4.74 Å². The third-order valence-corrected chi connectivity index (χ3v) is 5.86. The molecule has 0 aliphatic carbocycles. The van der Waals surface area contributed by atoms with Crippen LogP contribution in [-0.2, 0) is 14.3 Å². The Kier molecular flexibility index (Phi) is 21.2. The zero-order valence-electron chi connectivity index (χ0n) is 19.9. The molecule has 0 aromatic rings. The summed E-state index contributed by atoms with van der Waals surface area (Å²) in [5.74, 6) is -0.918. The van der Waals surface area contributed by atoms with E-state index in [4.69, 9.17) is 4.74 Å². The Labute approximate surface area is 181 Å². The Balaban J connectivity index is 3.34. The molecule has 0 aliphatic rings. The molecule has 172 valence electrons. The molecular weight excluding hydrogens is 360 g/mol. The number of esters is 1. The number of hydrogen-bond donors (Lipinski definition) is 0. The van der Waals surface area contributed by atoms with Crippen molar-refractivity contribution >= 4 is 11.8 Å². The average Bonchev–Trinajstić information content (AvgIpc) is 2.70. The van der Waals surface area contributed by atoms with Gasteiger partial charge in [-0.2, -0.15) is 0 Å². The molecule has 0 aromatic carbocycles. The van der Waals surface area contributed by atoms with Crippen molar-refractivity contribution in [2.24, 2.45) is 5.92 Å². The number of carbonyl (C=O) groups excluding carboxylic acids is 2. The predicted octanol–water partition coefficient (Wildman–Crippen LogP) is 8.19. The summed E-state index contributed by atoms with van der Waals surface area (Å²) in [6.07, 6.45) is 23.9. The van der Waals surface area contributed by atoms with Crippen molar-refractivity contribution in [3.8, 4) is 0 Å². The van der Waals surface area contributed by atoms with Gasteiger partial charge >= 0.3 is 5.97 Å². The maximum absolute atomic E-state index is 12.0. The third-order valence-electron chi connectivity index (χ3n) is 5.86. The first-order valence-corrected chi connectivity index (χ1v) is 12.8. The van der Waals surface area contributed by atoms with Crippen LogP contribution >= 0.6 is 0 Å². The number of Topliss-reactive ketones (excluding diaryl/α,β-unsaturated/α-hetero) is 1. The molecule has 0 spiro atoms. The van der Waals surface area contributed by atoms with Gasteiger partial charge in [-0.3, -0.25) is 9.59 Å². The van der Waals surface area contributed by atoms with Gasteiger partial charge in [0.25, 0.3) is 0 Å². The number of ether oxygens (including phenoxy) is 1. The van der Waals surface area contributed by atoms with E-state index in [0.29, 0.717) is 13.0 Å². The molecule has 0 aromatic heterocycles. The van der Waals surface area contributed by atoms with E-state index in [1.54, 1.807) is 0 Å². The van der Waals surface area contributed by atoms with E-state index in [-0.39, 0.29) is 11.8 Å². The minimum Gasteiger partial charge on any atom is -0.465 e. The molecule has 0 heterocycles. The van der Waals surface area contributed by atoms with Crippen molar-refractivity contribution in [2.75, 3.05) is 6.61 Å². The quantitative estimate of drug-likeness (QED) is 0.103. The van der Waals surface area contributed by atoms with Gasteiger partial charge in [-0.25, -0.2) is 0 Å². The molecule has 0 saturated carbocycles. The highest BCUT2D eigenvalue weighted by molar-refractivity contribution is 5.97. The molecule has 0 saturated heterocycles. The fraction of sp³-hybridized carbons (Fsp3) is 0.923. The molecule has 1 unspecified atom stereocenters. The van der Waals surface area contributed by atoms with E-state index < -0.39 is 5.92 Å². The van der Waals surface area contributed by atoms with E-state index in [9.17, 15) is 9.59 Å². The molecule has 0 bridgehead atoms. The number of ketones is 1. The summed E-state index contributed by atoms with van der Waals surface area (Å²) in [7, 11) is 0. The van der Waals surface area contributed by atoms with Crippen molar-refractivity contribution < 1.29 is 14.3 Å². The fourth-order valence-corrected chi connectivity index (χ4v) is 3.82. The van der Waals surface area contributed by atoms with Crippen LogP contribution in [-0.4, -0.2) is 18.4 Å². The Morgan fingerprint density at radius 3 is 1.34 bits per heavy atom. The topological polar surface area (TPSA) is 43.4 Å². The highest BCUT2D eigenvalue weighted by atomic mass is 16.5.